The zero-order chi connectivity index (χ0) is 15.1. The van der Waals surface area contributed by atoms with Gasteiger partial charge in [0.2, 0.25) is 0 Å². The van der Waals surface area contributed by atoms with E-state index in [0.717, 1.165) is 12.0 Å². The fraction of sp³-hybridized carbons (Fsp3) is 0.600. The van der Waals surface area contributed by atoms with Gasteiger partial charge in [0.1, 0.15) is 0 Å². The van der Waals surface area contributed by atoms with Gasteiger partial charge in [0.25, 0.3) is 5.91 Å². The fourth-order valence-corrected chi connectivity index (χ4v) is 2.56. The molecule has 1 unspecified atom stereocenters. The number of hydrogen-bond acceptors (Lipinski definition) is 5. The first-order valence-corrected chi connectivity index (χ1v) is 7.26. The minimum atomic E-state index is -1.31. The summed E-state index contributed by atoms with van der Waals surface area (Å²) in [7, 11) is 1.61. The van der Waals surface area contributed by atoms with Gasteiger partial charge in [-0.15, -0.1) is 0 Å². The molecule has 0 radical (unpaired) electrons. The minimum Gasteiger partial charge on any atom is -0.383 e. The summed E-state index contributed by atoms with van der Waals surface area (Å²) < 4.78 is 5.00. The number of rotatable bonds is 7. The number of methoxy groups -OCH3 is 1. The maximum Gasteiger partial charge on any atom is 0.255 e. The van der Waals surface area contributed by atoms with Crippen LogP contribution < -0.4 is 5.32 Å². The monoisotopic (exact) mass is 293 g/mol. The molecule has 0 aromatic carbocycles. The molecule has 0 bridgehead atoms. The topological polar surface area (TPSA) is 74.7 Å². The molecule has 2 rings (SSSR count). The standard InChI is InChI=1S/C15H23N3O3/c1-21-10-9-18-8-2-5-15(20,14(18)19)12-17-11-13-3-6-16-7-4-13/h3-4,6-7,17,20H,2,5,8-12H2,1H3. The van der Waals surface area contributed by atoms with Crippen LogP contribution in [0.5, 0.6) is 0 Å². The number of carbonyl (C=O) groups excluding carboxylic acids is 1. The van der Waals surface area contributed by atoms with Gasteiger partial charge >= 0.3 is 0 Å². The lowest BCUT2D eigenvalue weighted by Gasteiger charge is -2.38. The number of carbonyl (C=O) groups is 1. The van der Waals surface area contributed by atoms with Crippen molar-refractivity contribution < 1.29 is 14.6 Å². The van der Waals surface area contributed by atoms with Gasteiger partial charge in [-0.3, -0.25) is 9.78 Å². The first kappa shape index (κ1) is 15.9. The fourth-order valence-electron chi connectivity index (χ4n) is 2.56. The molecular formula is C15H23N3O3. The lowest BCUT2D eigenvalue weighted by Crippen LogP contribution is -2.58. The lowest BCUT2D eigenvalue weighted by atomic mass is 9.91. The molecular weight excluding hydrogens is 270 g/mol. The van der Waals surface area contributed by atoms with Crippen molar-refractivity contribution >= 4 is 5.91 Å². The second-order valence-corrected chi connectivity index (χ2v) is 5.38. The van der Waals surface area contributed by atoms with Crippen molar-refractivity contribution in [1.29, 1.82) is 0 Å². The summed E-state index contributed by atoms with van der Waals surface area (Å²) in [5, 5.41) is 13.7. The largest absolute Gasteiger partial charge is 0.383 e. The Morgan fingerprint density at radius 3 is 2.95 bits per heavy atom. The van der Waals surface area contributed by atoms with Crippen LogP contribution in [0.1, 0.15) is 18.4 Å². The maximum atomic E-state index is 12.4. The zero-order valence-corrected chi connectivity index (χ0v) is 12.4. The van der Waals surface area contributed by atoms with Gasteiger partial charge in [0.05, 0.1) is 6.61 Å². The Hall–Kier alpha value is -1.50. The molecule has 1 aromatic rings. The molecule has 2 N–H and O–H groups in total. The molecule has 0 spiro atoms. The van der Waals surface area contributed by atoms with Gasteiger partial charge < -0.3 is 20.1 Å². The normalized spacial score (nSPS) is 22.6. The Labute approximate surface area is 125 Å². The number of aromatic nitrogens is 1. The SMILES string of the molecule is COCCN1CCCC(O)(CNCc2ccncc2)C1=O. The van der Waals surface area contributed by atoms with E-state index in [1.807, 2.05) is 12.1 Å². The summed E-state index contributed by atoms with van der Waals surface area (Å²) >= 11 is 0. The Balaban J connectivity index is 1.86. The molecule has 1 saturated heterocycles. The summed E-state index contributed by atoms with van der Waals surface area (Å²) in [5.41, 5.74) is -0.230. The zero-order valence-electron chi connectivity index (χ0n) is 12.4. The molecule has 1 amide bonds. The molecule has 21 heavy (non-hydrogen) atoms. The summed E-state index contributed by atoms with van der Waals surface area (Å²) in [6.45, 7) is 2.58. The second kappa shape index (κ2) is 7.49. The number of nitrogens with one attached hydrogen (secondary N) is 1. The van der Waals surface area contributed by atoms with E-state index in [4.69, 9.17) is 4.74 Å². The molecule has 2 heterocycles. The van der Waals surface area contributed by atoms with E-state index in [9.17, 15) is 9.90 Å². The average Bonchev–Trinajstić information content (AvgIpc) is 2.50. The van der Waals surface area contributed by atoms with Crippen LogP contribution in [0, 0.1) is 0 Å². The number of amides is 1. The van der Waals surface area contributed by atoms with E-state index in [2.05, 4.69) is 10.3 Å². The van der Waals surface area contributed by atoms with E-state index < -0.39 is 5.60 Å². The van der Waals surface area contributed by atoms with E-state index in [1.54, 1.807) is 24.4 Å². The van der Waals surface area contributed by atoms with Crippen molar-refractivity contribution in [1.82, 2.24) is 15.2 Å². The highest BCUT2D eigenvalue weighted by Gasteiger charge is 2.41. The highest BCUT2D eigenvalue weighted by Crippen LogP contribution is 2.22. The minimum absolute atomic E-state index is 0.201. The molecule has 1 atom stereocenters. The summed E-state index contributed by atoms with van der Waals surface area (Å²) in [6.07, 6.45) is 4.76. The van der Waals surface area contributed by atoms with E-state index in [0.29, 0.717) is 32.7 Å². The van der Waals surface area contributed by atoms with E-state index in [1.165, 1.54) is 0 Å². The first-order chi connectivity index (χ1) is 10.2. The Morgan fingerprint density at radius 2 is 2.24 bits per heavy atom. The molecule has 0 aliphatic carbocycles. The Bertz CT molecular complexity index is 455. The quantitative estimate of drug-likeness (QED) is 0.750. The Kier molecular flexibility index (Phi) is 5.67. The second-order valence-electron chi connectivity index (χ2n) is 5.38. The van der Waals surface area contributed by atoms with Gasteiger partial charge in [-0.1, -0.05) is 0 Å². The highest BCUT2D eigenvalue weighted by molar-refractivity contribution is 5.86. The third kappa shape index (κ3) is 4.23. The molecule has 6 nitrogen and oxygen atoms in total. The maximum absolute atomic E-state index is 12.4. The van der Waals surface area contributed by atoms with Crippen molar-refractivity contribution in [3.8, 4) is 0 Å². The number of ether oxygens (including phenoxy) is 1. The van der Waals surface area contributed by atoms with Crippen LogP contribution in [0.4, 0.5) is 0 Å². The van der Waals surface area contributed by atoms with Crippen LogP contribution in [0.15, 0.2) is 24.5 Å². The predicted molar refractivity (Wildman–Crippen MR) is 78.6 cm³/mol. The van der Waals surface area contributed by atoms with Gasteiger partial charge in [0, 0.05) is 45.7 Å². The highest BCUT2D eigenvalue weighted by atomic mass is 16.5. The smallest absolute Gasteiger partial charge is 0.255 e. The lowest BCUT2D eigenvalue weighted by molar-refractivity contribution is -0.157. The van der Waals surface area contributed by atoms with Crippen molar-refractivity contribution in [2.24, 2.45) is 0 Å². The van der Waals surface area contributed by atoms with Gasteiger partial charge in [-0.2, -0.15) is 0 Å². The van der Waals surface area contributed by atoms with Gasteiger partial charge in [-0.05, 0) is 30.5 Å². The van der Waals surface area contributed by atoms with Gasteiger partial charge in [-0.25, -0.2) is 0 Å². The summed E-state index contributed by atoms with van der Waals surface area (Å²) in [6, 6.07) is 3.81. The molecule has 6 heteroatoms. The summed E-state index contributed by atoms with van der Waals surface area (Å²) in [5.74, 6) is -0.201. The third-order valence-corrected chi connectivity index (χ3v) is 3.76. The first-order valence-electron chi connectivity index (χ1n) is 7.26. The third-order valence-electron chi connectivity index (χ3n) is 3.76. The molecule has 0 saturated carbocycles. The number of pyridine rings is 1. The van der Waals surface area contributed by atoms with Crippen molar-refractivity contribution in [3.63, 3.8) is 0 Å². The van der Waals surface area contributed by atoms with Crippen LogP contribution in [0.2, 0.25) is 0 Å². The summed E-state index contributed by atoms with van der Waals surface area (Å²) in [4.78, 5) is 18.0. The van der Waals surface area contributed by atoms with Gasteiger partial charge in [0.15, 0.2) is 5.60 Å². The van der Waals surface area contributed by atoms with Crippen LogP contribution in [0.25, 0.3) is 0 Å². The molecule has 1 aliphatic heterocycles. The number of aliphatic hydroxyl groups is 1. The number of likely N-dealkylation sites (tertiary alicyclic amines) is 1. The number of nitrogens with zero attached hydrogens (tertiary/aromatic N) is 2. The van der Waals surface area contributed by atoms with Crippen LogP contribution >= 0.6 is 0 Å². The van der Waals surface area contributed by atoms with Crippen LogP contribution in [0.3, 0.4) is 0 Å². The van der Waals surface area contributed by atoms with Crippen LogP contribution in [-0.2, 0) is 16.1 Å². The van der Waals surface area contributed by atoms with Crippen molar-refractivity contribution in [3.05, 3.63) is 30.1 Å². The van der Waals surface area contributed by atoms with E-state index >= 15 is 0 Å². The van der Waals surface area contributed by atoms with Crippen LogP contribution in [-0.4, -0.2) is 59.8 Å². The predicted octanol–water partition coefficient (Wildman–Crippen LogP) is 0.171. The number of hydrogen-bond donors (Lipinski definition) is 2. The molecule has 1 aromatic heterocycles. The number of piperidine rings is 1. The molecule has 1 aliphatic rings. The van der Waals surface area contributed by atoms with E-state index in [-0.39, 0.29) is 12.5 Å². The van der Waals surface area contributed by atoms with Crippen molar-refractivity contribution in [2.45, 2.75) is 25.0 Å². The molecule has 116 valence electrons. The average molecular weight is 293 g/mol. The molecule has 1 fully saturated rings. The van der Waals surface area contributed by atoms with Crippen molar-refractivity contribution in [2.75, 3.05) is 33.4 Å². The Morgan fingerprint density at radius 1 is 1.48 bits per heavy atom.